The molecule has 0 atom stereocenters. The smallest absolute Gasteiger partial charge is 0.348 e. The number of hydrogen-bond donors (Lipinski definition) is 1. The van der Waals surface area contributed by atoms with Crippen LogP contribution in [-0.4, -0.2) is 20.1 Å². The number of carbonyl (C=O) groups excluding carboxylic acids is 1. The maximum absolute atomic E-state index is 11.0. The van der Waals surface area contributed by atoms with E-state index in [-0.39, 0.29) is 5.97 Å². The molecule has 0 radical (unpaired) electrons. The van der Waals surface area contributed by atoms with E-state index >= 15 is 0 Å². The number of esters is 1. The van der Waals surface area contributed by atoms with Crippen LogP contribution in [-0.2, 0) is 11.3 Å². The van der Waals surface area contributed by atoms with Crippen LogP contribution in [0.4, 0.5) is 0 Å². The molecule has 0 aliphatic carbocycles. The summed E-state index contributed by atoms with van der Waals surface area (Å²) in [6.45, 7) is 0.785. The van der Waals surface area contributed by atoms with E-state index in [1.54, 1.807) is 0 Å². The second-order valence-electron chi connectivity index (χ2n) is 2.34. The van der Waals surface area contributed by atoms with Crippen LogP contribution < -0.4 is 5.32 Å². The molecule has 0 saturated carbocycles. The van der Waals surface area contributed by atoms with Crippen LogP contribution in [0.25, 0.3) is 0 Å². The summed E-state index contributed by atoms with van der Waals surface area (Å²) >= 11 is 1.41. The van der Waals surface area contributed by atoms with Gasteiger partial charge in [-0.05, 0) is 24.1 Å². The zero-order valence-corrected chi connectivity index (χ0v) is 7.90. The SMILES string of the molecule is CNCc1csc(C(=O)OC)c1. The third-order valence-electron chi connectivity index (χ3n) is 1.42. The Morgan fingerprint density at radius 1 is 1.75 bits per heavy atom. The summed E-state index contributed by atoms with van der Waals surface area (Å²) in [4.78, 5) is 11.7. The van der Waals surface area contributed by atoms with Gasteiger partial charge in [-0.25, -0.2) is 4.79 Å². The van der Waals surface area contributed by atoms with Crippen LogP contribution in [0.1, 0.15) is 15.2 Å². The van der Waals surface area contributed by atoms with Crippen molar-refractivity contribution in [2.45, 2.75) is 6.54 Å². The fourth-order valence-electron chi connectivity index (χ4n) is 0.880. The van der Waals surface area contributed by atoms with Crippen LogP contribution in [0.15, 0.2) is 11.4 Å². The van der Waals surface area contributed by atoms with Crippen molar-refractivity contribution >= 4 is 17.3 Å². The molecular formula is C8H11NO2S. The van der Waals surface area contributed by atoms with Crippen LogP contribution >= 0.6 is 11.3 Å². The fourth-order valence-corrected chi connectivity index (χ4v) is 1.71. The van der Waals surface area contributed by atoms with Crippen molar-refractivity contribution in [2.24, 2.45) is 0 Å². The molecule has 0 unspecified atom stereocenters. The Kier molecular flexibility index (Phi) is 3.25. The summed E-state index contributed by atoms with van der Waals surface area (Å²) in [6, 6.07) is 1.84. The lowest BCUT2D eigenvalue weighted by atomic mass is 10.3. The van der Waals surface area contributed by atoms with Crippen LogP contribution in [0.2, 0.25) is 0 Å². The molecule has 0 amide bonds. The Morgan fingerprint density at radius 3 is 3.08 bits per heavy atom. The van der Waals surface area contributed by atoms with E-state index in [2.05, 4.69) is 10.1 Å². The molecule has 1 rings (SSSR count). The van der Waals surface area contributed by atoms with E-state index in [9.17, 15) is 4.79 Å². The van der Waals surface area contributed by atoms with Crippen molar-refractivity contribution in [3.05, 3.63) is 21.9 Å². The van der Waals surface area contributed by atoms with Gasteiger partial charge in [-0.3, -0.25) is 0 Å². The van der Waals surface area contributed by atoms with E-state index in [1.807, 2.05) is 18.5 Å². The number of rotatable bonds is 3. The normalized spacial score (nSPS) is 9.83. The fraction of sp³-hybridized carbons (Fsp3) is 0.375. The van der Waals surface area contributed by atoms with Gasteiger partial charge in [0, 0.05) is 6.54 Å². The monoisotopic (exact) mass is 185 g/mol. The first-order valence-corrected chi connectivity index (χ1v) is 4.46. The van der Waals surface area contributed by atoms with Gasteiger partial charge >= 0.3 is 5.97 Å². The maximum atomic E-state index is 11.0. The quantitative estimate of drug-likeness (QED) is 0.720. The average molecular weight is 185 g/mol. The van der Waals surface area contributed by atoms with Gasteiger partial charge in [0.1, 0.15) is 4.88 Å². The van der Waals surface area contributed by atoms with Crippen molar-refractivity contribution in [3.63, 3.8) is 0 Å². The van der Waals surface area contributed by atoms with Gasteiger partial charge in [-0.2, -0.15) is 0 Å². The minimum Gasteiger partial charge on any atom is -0.465 e. The largest absolute Gasteiger partial charge is 0.465 e. The van der Waals surface area contributed by atoms with Gasteiger partial charge in [0.05, 0.1) is 7.11 Å². The second kappa shape index (κ2) is 4.23. The molecule has 0 aliphatic heterocycles. The summed E-state index contributed by atoms with van der Waals surface area (Å²) in [5.74, 6) is -0.262. The summed E-state index contributed by atoms with van der Waals surface area (Å²) in [5, 5.41) is 4.96. The zero-order valence-electron chi connectivity index (χ0n) is 7.09. The topological polar surface area (TPSA) is 38.3 Å². The molecule has 4 heteroatoms. The molecule has 0 aliphatic rings. The lowest BCUT2D eigenvalue weighted by molar-refractivity contribution is 0.0606. The van der Waals surface area contributed by atoms with Crippen molar-refractivity contribution in [1.82, 2.24) is 5.32 Å². The molecule has 0 bridgehead atoms. The molecule has 0 spiro atoms. The highest BCUT2D eigenvalue weighted by Gasteiger charge is 2.07. The highest BCUT2D eigenvalue weighted by atomic mass is 32.1. The lowest BCUT2D eigenvalue weighted by Gasteiger charge is -1.93. The highest BCUT2D eigenvalue weighted by Crippen LogP contribution is 2.15. The molecule has 1 heterocycles. The average Bonchev–Trinajstić information content (AvgIpc) is 2.52. The molecule has 1 N–H and O–H groups in total. The third-order valence-corrected chi connectivity index (χ3v) is 2.38. The number of carbonyl (C=O) groups is 1. The Hall–Kier alpha value is -0.870. The minimum atomic E-state index is -0.262. The van der Waals surface area contributed by atoms with Crippen LogP contribution in [0.3, 0.4) is 0 Å². The van der Waals surface area contributed by atoms with E-state index in [4.69, 9.17) is 0 Å². The first-order valence-electron chi connectivity index (χ1n) is 3.58. The molecular weight excluding hydrogens is 174 g/mol. The lowest BCUT2D eigenvalue weighted by Crippen LogP contribution is -2.04. The molecule has 0 aromatic carbocycles. The Balaban J connectivity index is 2.70. The van der Waals surface area contributed by atoms with Crippen molar-refractivity contribution in [2.75, 3.05) is 14.2 Å². The summed E-state index contributed by atoms with van der Waals surface area (Å²) in [7, 11) is 3.26. The molecule has 3 nitrogen and oxygen atoms in total. The number of methoxy groups -OCH3 is 1. The Morgan fingerprint density at radius 2 is 2.50 bits per heavy atom. The summed E-state index contributed by atoms with van der Waals surface area (Å²) < 4.78 is 4.58. The van der Waals surface area contributed by atoms with Gasteiger partial charge in [-0.1, -0.05) is 0 Å². The molecule has 1 aromatic rings. The first kappa shape index (κ1) is 9.22. The highest BCUT2D eigenvalue weighted by molar-refractivity contribution is 7.12. The van der Waals surface area contributed by atoms with Crippen LogP contribution in [0.5, 0.6) is 0 Å². The number of hydrogen-bond acceptors (Lipinski definition) is 4. The number of ether oxygens (including phenoxy) is 1. The molecule has 0 fully saturated rings. The number of nitrogens with one attached hydrogen (secondary N) is 1. The maximum Gasteiger partial charge on any atom is 0.348 e. The Labute approximate surface area is 75.4 Å². The van der Waals surface area contributed by atoms with E-state index < -0.39 is 0 Å². The van der Waals surface area contributed by atoms with E-state index in [0.29, 0.717) is 4.88 Å². The van der Waals surface area contributed by atoms with Gasteiger partial charge in [0.15, 0.2) is 0 Å². The second-order valence-corrected chi connectivity index (χ2v) is 3.25. The van der Waals surface area contributed by atoms with Crippen molar-refractivity contribution in [1.29, 1.82) is 0 Å². The summed E-state index contributed by atoms with van der Waals surface area (Å²) in [6.07, 6.45) is 0. The van der Waals surface area contributed by atoms with E-state index in [0.717, 1.165) is 12.1 Å². The standard InChI is InChI=1S/C8H11NO2S/c1-9-4-6-3-7(12-5-6)8(10)11-2/h3,5,9H,4H2,1-2H3. The van der Waals surface area contributed by atoms with Gasteiger partial charge in [-0.15, -0.1) is 11.3 Å². The minimum absolute atomic E-state index is 0.262. The predicted molar refractivity (Wildman–Crippen MR) is 48.4 cm³/mol. The molecule has 66 valence electrons. The van der Waals surface area contributed by atoms with E-state index in [1.165, 1.54) is 18.4 Å². The molecule has 1 aromatic heterocycles. The zero-order chi connectivity index (χ0) is 8.97. The number of thiophene rings is 1. The van der Waals surface area contributed by atoms with Gasteiger partial charge < -0.3 is 10.1 Å². The first-order chi connectivity index (χ1) is 5.77. The molecule has 0 saturated heterocycles. The molecule has 12 heavy (non-hydrogen) atoms. The van der Waals surface area contributed by atoms with Crippen LogP contribution in [0, 0.1) is 0 Å². The van der Waals surface area contributed by atoms with Gasteiger partial charge in [0.25, 0.3) is 0 Å². The Bertz CT molecular complexity index is 270. The predicted octanol–water partition coefficient (Wildman–Crippen LogP) is 1.25. The van der Waals surface area contributed by atoms with Crippen molar-refractivity contribution in [3.8, 4) is 0 Å². The third kappa shape index (κ3) is 2.06. The van der Waals surface area contributed by atoms with Gasteiger partial charge in [0.2, 0.25) is 0 Å². The summed E-state index contributed by atoms with van der Waals surface area (Å²) in [5.41, 5.74) is 1.11. The van der Waals surface area contributed by atoms with Crippen molar-refractivity contribution < 1.29 is 9.53 Å².